The molecule has 0 spiro atoms. The van der Waals surface area contributed by atoms with E-state index < -0.39 is 39.8 Å². The zero-order valence-corrected chi connectivity index (χ0v) is 35.5. The number of carboxylic acid groups (broad SMARTS) is 1. The lowest BCUT2D eigenvalue weighted by Gasteiger charge is -2.17. The molecule has 1 aliphatic rings. The largest absolute Gasteiger partial charge is 0.481 e. The number of sulfonamides is 1. The van der Waals surface area contributed by atoms with E-state index in [2.05, 4.69) is 31.3 Å². The van der Waals surface area contributed by atoms with E-state index in [0.29, 0.717) is 61.8 Å². The number of thiophene rings is 1. The van der Waals surface area contributed by atoms with Crippen molar-refractivity contribution in [3.63, 3.8) is 0 Å². The third-order valence-corrected chi connectivity index (χ3v) is 13.7. The highest BCUT2D eigenvalue weighted by Gasteiger charge is 2.32. The van der Waals surface area contributed by atoms with Crippen LogP contribution in [-0.2, 0) is 14.8 Å². The number of aromatic amines is 1. The molecule has 4 heterocycles. The first-order valence-electron chi connectivity index (χ1n) is 19.2. The van der Waals surface area contributed by atoms with Crippen molar-refractivity contribution in [3.8, 4) is 22.2 Å². The standard InChI is InChI=1S/C45H39FN8O5S2/c1-22-7-16-36(42-39(22)31(20-47)21-48-42)53-61(58,59)32-14-12-28(13-15-32)25(4)49-44(57)33-18-35(46)34(17-23(33)2)29-8-10-30(11-9-29)41-40-24(3)26(5)60-45(40)54-27(6)51-52-43(54)37(50-41)19-38(55)56/h7-18,21,25,37,48,53H,19H2,1-6H3,(H,49,57)(H,55,56)/t25?,37-/m0/s1. The van der Waals surface area contributed by atoms with Gasteiger partial charge in [-0.1, -0.05) is 42.5 Å². The number of carbonyl (C=O) groups is 2. The molecule has 13 nitrogen and oxygen atoms in total. The van der Waals surface area contributed by atoms with E-state index in [4.69, 9.17) is 4.99 Å². The number of rotatable bonds is 10. The molecule has 1 aliphatic heterocycles. The number of aryl methyl sites for hydroxylation is 4. The number of anilines is 1. The third-order valence-electron chi connectivity index (χ3n) is 11.1. The number of amides is 1. The van der Waals surface area contributed by atoms with E-state index in [0.717, 1.165) is 32.1 Å². The first-order chi connectivity index (χ1) is 29.1. The van der Waals surface area contributed by atoms with Crippen molar-refractivity contribution in [2.75, 3.05) is 4.72 Å². The fraction of sp³-hybridized carbons (Fsp3) is 0.200. The van der Waals surface area contributed by atoms with Crippen LogP contribution in [0.2, 0.25) is 0 Å². The molecule has 1 amide bonds. The second-order valence-corrected chi connectivity index (χ2v) is 18.0. The molecule has 16 heteroatoms. The smallest absolute Gasteiger partial charge is 0.306 e. The van der Waals surface area contributed by atoms with Crippen LogP contribution in [-0.4, -0.2) is 50.9 Å². The van der Waals surface area contributed by atoms with Gasteiger partial charge in [0.2, 0.25) is 0 Å². The summed E-state index contributed by atoms with van der Waals surface area (Å²) in [6.45, 7) is 11.2. The molecule has 8 rings (SSSR count). The molecule has 0 aliphatic carbocycles. The zero-order chi connectivity index (χ0) is 43.5. The minimum absolute atomic E-state index is 0.00320. The maximum absolute atomic E-state index is 15.9. The number of aliphatic imine (C=N–C) groups is 1. The van der Waals surface area contributed by atoms with Crippen LogP contribution < -0.4 is 10.0 Å². The molecule has 0 saturated carbocycles. The number of H-pyrrole nitrogens is 1. The molecule has 0 fully saturated rings. The fourth-order valence-electron chi connectivity index (χ4n) is 7.74. The Kier molecular flexibility index (Phi) is 10.4. The number of nitrogens with zero attached hydrogens (tertiary/aromatic N) is 5. The lowest BCUT2D eigenvalue weighted by atomic mass is 9.95. The van der Waals surface area contributed by atoms with Gasteiger partial charge in [-0.3, -0.25) is 23.9 Å². The molecule has 3 aromatic heterocycles. The lowest BCUT2D eigenvalue weighted by molar-refractivity contribution is -0.137. The first-order valence-corrected chi connectivity index (χ1v) is 21.5. The Morgan fingerprint density at radius 1 is 0.984 bits per heavy atom. The molecule has 1 unspecified atom stereocenters. The number of aromatic nitrogens is 4. The van der Waals surface area contributed by atoms with Gasteiger partial charge in [0.15, 0.2) is 5.82 Å². The molecule has 0 bridgehead atoms. The van der Waals surface area contributed by atoms with Gasteiger partial charge in [0.1, 0.15) is 28.8 Å². The minimum Gasteiger partial charge on any atom is -0.481 e. The van der Waals surface area contributed by atoms with Crippen LogP contribution in [0.3, 0.4) is 0 Å². The predicted octanol–water partition coefficient (Wildman–Crippen LogP) is 8.69. The second-order valence-electron chi connectivity index (χ2n) is 15.1. The van der Waals surface area contributed by atoms with Gasteiger partial charge in [-0.25, -0.2) is 12.8 Å². The zero-order valence-electron chi connectivity index (χ0n) is 33.9. The van der Waals surface area contributed by atoms with Crippen molar-refractivity contribution in [1.82, 2.24) is 25.1 Å². The van der Waals surface area contributed by atoms with Gasteiger partial charge in [-0.15, -0.1) is 21.5 Å². The van der Waals surface area contributed by atoms with E-state index in [-0.39, 0.29) is 16.9 Å². The van der Waals surface area contributed by atoms with Crippen LogP contribution in [0.5, 0.6) is 0 Å². The maximum Gasteiger partial charge on any atom is 0.306 e. The van der Waals surface area contributed by atoms with Crippen LogP contribution in [0.4, 0.5) is 10.1 Å². The minimum atomic E-state index is -4.01. The summed E-state index contributed by atoms with van der Waals surface area (Å²) < 4.78 is 47.1. The first kappa shape index (κ1) is 40.8. The number of carbonyl (C=O) groups excluding carboxylic acids is 1. The van der Waals surface area contributed by atoms with Gasteiger partial charge in [0, 0.05) is 38.7 Å². The number of aliphatic carboxylic acids is 1. The summed E-state index contributed by atoms with van der Waals surface area (Å²) in [6.07, 6.45) is 1.27. The summed E-state index contributed by atoms with van der Waals surface area (Å²) in [6, 6.07) is 20.3. The van der Waals surface area contributed by atoms with Crippen molar-refractivity contribution in [2.45, 2.75) is 64.9 Å². The number of benzene rings is 4. The van der Waals surface area contributed by atoms with E-state index in [1.807, 2.05) is 44.4 Å². The Morgan fingerprint density at radius 3 is 2.38 bits per heavy atom. The number of hydrogen-bond acceptors (Lipinski definition) is 9. The molecule has 7 aromatic rings. The highest BCUT2D eigenvalue weighted by Crippen LogP contribution is 2.40. The molecule has 4 aromatic carbocycles. The van der Waals surface area contributed by atoms with Gasteiger partial charge in [-0.2, -0.15) is 5.26 Å². The maximum atomic E-state index is 15.9. The lowest BCUT2D eigenvalue weighted by Crippen LogP contribution is -2.27. The Balaban J connectivity index is 0.996. The third kappa shape index (κ3) is 7.36. The Morgan fingerprint density at radius 2 is 1.69 bits per heavy atom. The van der Waals surface area contributed by atoms with Crippen LogP contribution >= 0.6 is 11.3 Å². The summed E-state index contributed by atoms with van der Waals surface area (Å²) in [5, 5.41) is 32.2. The van der Waals surface area contributed by atoms with Crippen LogP contribution in [0, 0.1) is 51.8 Å². The van der Waals surface area contributed by atoms with E-state index in [1.165, 1.54) is 24.4 Å². The van der Waals surface area contributed by atoms with E-state index in [9.17, 15) is 28.4 Å². The fourth-order valence-corrected chi connectivity index (χ4v) is 10.0. The summed E-state index contributed by atoms with van der Waals surface area (Å²) in [7, 11) is -4.01. The summed E-state index contributed by atoms with van der Waals surface area (Å²) >= 11 is 1.56. The molecular formula is C45H39FN8O5S2. The van der Waals surface area contributed by atoms with Crippen LogP contribution in [0.15, 0.2) is 88.9 Å². The van der Waals surface area contributed by atoms with Gasteiger partial charge < -0.3 is 15.4 Å². The summed E-state index contributed by atoms with van der Waals surface area (Å²) in [4.78, 5) is 34.5. The number of halogens is 1. The highest BCUT2D eigenvalue weighted by molar-refractivity contribution is 7.92. The Labute approximate surface area is 354 Å². The van der Waals surface area contributed by atoms with E-state index in [1.54, 1.807) is 67.6 Å². The molecule has 4 N–H and O–H groups in total. The average Bonchev–Trinajstić information content (AvgIpc) is 3.90. The molecule has 0 radical (unpaired) electrons. The second kappa shape index (κ2) is 15.6. The van der Waals surface area contributed by atoms with Crippen LogP contribution in [0.25, 0.3) is 27.0 Å². The van der Waals surface area contributed by atoms with Crippen LogP contribution in [0.1, 0.15) is 91.3 Å². The monoisotopic (exact) mass is 854 g/mol. The number of carboxylic acids is 1. The van der Waals surface area contributed by atoms with E-state index >= 15 is 4.39 Å². The molecular weight excluding hydrogens is 816 g/mol. The Bertz CT molecular complexity index is 3120. The number of nitrogens with one attached hydrogen (secondary N) is 3. The highest BCUT2D eigenvalue weighted by atomic mass is 32.2. The normalized spacial score (nSPS) is 14.1. The molecule has 0 saturated heterocycles. The topological polar surface area (TPSA) is 195 Å². The SMILES string of the molecule is Cc1cc(-c2ccc(C3=N[C@@H](CC(=O)O)c4nnc(C)n4-c4sc(C)c(C)c43)cc2)c(F)cc1C(=O)NC(C)c1ccc(S(=O)(=O)Nc2ccc(C)c3c(C#N)c[nH]c23)cc1. The van der Waals surface area contributed by atoms with Gasteiger partial charge in [-0.05, 0) is 99.7 Å². The van der Waals surface area contributed by atoms with Crippen molar-refractivity contribution in [3.05, 3.63) is 146 Å². The quantitative estimate of drug-likeness (QED) is 0.105. The van der Waals surface area contributed by atoms with Gasteiger partial charge in [0.05, 0.1) is 39.8 Å². The molecule has 308 valence electrons. The number of fused-ring (bicyclic) bond motifs is 4. The van der Waals surface area contributed by atoms with Gasteiger partial charge in [0.25, 0.3) is 15.9 Å². The van der Waals surface area contributed by atoms with Gasteiger partial charge >= 0.3 is 5.97 Å². The van der Waals surface area contributed by atoms with Crippen molar-refractivity contribution >= 4 is 55.5 Å². The molecule has 2 atom stereocenters. The van der Waals surface area contributed by atoms with Crippen molar-refractivity contribution < 1.29 is 27.5 Å². The molecule has 61 heavy (non-hydrogen) atoms. The Hall–Kier alpha value is -6.96. The predicted molar refractivity (Wildman–Crippen MR) is 232 cm³/mol. The number of hydrogen-bond donors (Lipinski definition) is 4. The average molecular weight is 855 g/mol. The summed E-state index contributed by atoms with van der Waals surface area (Å²) in [5.41, 5.74) is 7.46. The number of nitriles is 1. The van der Waals surface area contributed by atoms with Crippen molar-refractivity contribution in [1.29, 1.82) is 5.26 Å². The van der Waals surface area contributed by atoms with Crippen molar-refractivity contribution in [2.24, 2.45) is 4.99 Å². The summed E-state index contributed by atoms with van der Waals surface area (Å²) in [5.74, 6) is -1.03.